The highest BCUT2D eigenvalue weighted by molar-refractivity contribution is 5.97. The van der Waals surface area contributed by atoms with Crippen molar-refractivity contribution in [3.8, 4) is 11.5 Å². The molecule has 0 heterocycles. The van der Waals surface area contributed by atoms with E-state index in [-0.39, 0.29) is 11.3 Å². The second kappa shape index (κ2) is 7.64. The van der Waals surface area contributed by atoms with E-state index in [0.29, 0.717) is 0 Å². The smallest absolute Gasteiger partial charge is 0.275 e. The molecule has 0 spiro atoms. The molecular formula is C17H16N2O3. The van der Waals surface area contributed by atoms with Crippen molar-refractivity contribution in [2.45, 2.75) is 0 Å². The largest absolute Gasteiger partial charge is 0.507 e. The number of ether oxygens (including phenoxy) is 1. The molecule has 22 heavy (non-hydrogen) atoms. The van der Waals surface area contributed by atoms with E-state index in [2.05, 4.69) is 10.5 Å². The first-order valence-electron chi connectivity index (χ1n) is 6.63. The molecule has 0 unspecified atom stereocenters. The van der Waals surface area contributed by atoms with E-state index in [9.17, 15) is 9.90 Å². The first-order valence-corrected chi connectivity index (χ1v) is 6.63. The Balaban J connectivity index is 1.95. The molecule has 0 bridgehead atoms. The number of phenols is 1. The number of hydrazone groups is 1. The summed E-state index contributed by atoms with van der Waals surface area (Å²) in [6, 6.07) is 13.8. The number of carbonyl (C=O) groups excluding carboxylic acids is 1. The zero-order valence-corrected chi connectivity index (χ0v) is 12.1. The Morgan fingerprint density at radius 1 is 1.18 bits per heavy atom. The van der Waals surface area contributed by atoms with Gasteiger partial charge >= 0.3 is 0 Å². The maximum atomic E-state index is 11.8. The lowest BCUT2D eigenvalue weighted by molar-refractivity contribution is 0.0952. The van der Waals surface area contributed by atoms with Crippen LogP contribution in [0.15, 0.2) is 59.7 Å². The molecule has 0 aromatic heterocycles. The molecule has 0 saturated carbocycles. The minimum Gasteiger partial charge on any atom is -0.507 e. The zero-order valence-electron chi connectivity index (χ0n) is 12.1. The Kier molecular flexibility index (Phi) is 5.31. The number of benzene rings is 2. The van der Waals surface area contributed by atoms with Gasteiger partial charge in [0.2, 0.25) is 0 Å². The number of rotatable bonds is 5. The molecule has 2 aromatic rings. The van der Waals surface area contributed by atoms with E-state index in [1.807, 2.05) is 30.3 Å². The molecule has 0 fully saturated rings. The molecular weight excluding hydrogens is 280 g/mol. The standard InChI is InChI=1S/C17H16N2O3/c1-22-16-11-5-2-7-13(16)8-6-12-18-19-17(21)14-9-3-4-10-15(14)20/h2-12,20H,1H3,(H,19,21). The lowest BCUT2D eigenvalue weighted by atomic mass is 10.2. The Morgan fingerprint density at radius 2 is 1.91 bits per heavy atom. The van der Waals surface area contributed by atoms with Crippen molar-refractivity contribution < 1.29 is 14.6 Å². The van der Waals surface area contributed by atoms with Gasteiger partial charge < -0.3 is 9.84 Å². The van der Waals surface area contributed by atoms with Crippen LogP contribution in [0.3, 0.4) is 0 Å². The van der Waals surface area contributed by atoms with Crippen molar-refractivity contribution in [2.75, 3.05) is 7.11 Å². The van der Waals surface area contributed by atoms with Crippen LogP contribution >= 0.6 is 0 Å². The lowest BCUT2D eigenvalue weighted by Gasteiger charge is -2.02. The third-order valence-electron chi connectivity index (χ3n) is 2.89. The van der Waals surface area contributed by atoms with Gasteiger partial charge in [0, 0.05) is 11.8 Å². The first-order chi connectivity index (χ1) is 10.7. The highest BCUT2D eigenvalue weighted by Gasteiger charge is 2.08. The number of nitrogens with one attached hydrogen (secondary N) is 1. The summed E-state index contributed by atoms with van der Waals surface area (Å²) in [6.07, 6.45) is 4.95. The number of methoxy groups -OCH3 is 1. The second-order valence-corrected chi connectivity index (χ2v) is 4.34. The number of nitrogens with zero attached hydrogens (tertiary/aromatic N) is 1. The summed E-state index contributed by atoms with van der Waals surface area (Å²) in [6.45, 7) is 0. The molecule has 2 rings (SSSR count). The molecule has 0 aliphatic carbocycles. The third-order valence-corrected chi connectivity index (χ3v) is 2.89. The van der Waals surface area contributed by atoms with Crippen LogP contribution in [0.25, 0.3) is 6.08 Å². The van der Waals surface area contributed by atoms with E-state index in [1.165, 1.54) is 18.3 Å². The normalized spacial score (nSPS) is 11.0. The summed E-state index contributed by atoms with van der Waals surface area (Å²) < 4.78 is 5.22. The van der Waals surface area contributed by atoms with Crippen LogP contribution in [0.2, 0.25) is 0 Å². The van der Waals surface area contributed by atoms with Crippen LogP contribution in [-0.4, -0.2) is 24.3 Å². The van der Waals surface area contributed by atoms with Gasteiger partial charge in [0.25, 0.3) is 5.91 Å². The van der Waals surface area contributed by atoms with Gasteiger partial charge in [0.05, 0.1) is 12.7 Å². The fourth-order valence-corrected chi connectivity index (χ4v) is 1.82. The molecule has 0 radical (unpaired) electrons. The summed E-state index contributed by atoms with van der Waals surface area (Å²) in [4.78, 5) is 11.8. The number of hydrogen-bond donors (Lipinski definition) is 2. The Bertz CT molecular complexity index is 709. The number of hydrogen-bond acceptors (Lipinski definition) is 4. The van der Waals surface area contributed by atoms with Crippen LogP contribution in [0.1, 0.15) is 15.9 Å². The van der Waals surface area contributed by atoms with E-state index < -0.39 is 5.91 Å². The molecule has 0 atom stereocenters. The van der Waals surface area contributed by atoms with Gasteiger partial charge in [-0.2, -0.15) is 5.10 Å². The van der Waals surface area contributed by atoms with Gasteiger partial charge in [-0.05, 0) is 30.4 Å². The predicted octanol–water partition coefficient (Wildman–Crippen LogP) is 2.83. The van der Waals surface area contributed by atoms with E-state index in [0.717, 1.165) is 11.3 Å². The van der Waals surface area contributed by atoms with Crippen molar-refractivity contribution >= 4 is 18.2 Å². The average molecular weight is 296 g/mol. The number of aromatic hydroxyl groups is 1. The number of carbonyl (C=O) groups is 1. The van der Waals surface area contributed by atoms with Crippen molar-refractivity contribution in [3.05, 3.63) is 65.7 Å². The zero-order chi connectivity index (χ0) is 15.8. The molecule has 0 aliphatic rings. The van der Waals surface area contributed by atoms with Gasteiger partial charge in [-0.1, -0.05) is 30.3 Å². The quantitative estimate of drug-likeness (QED) is 0.658. The Labute approximate surface area is 128 Å². The van der Waals surface area contributed by atoms with Crippen LogP contribution in [0.4, 0.5) is 0 Å². The first kappa shape index (κ1) is 15.3. The minimum atomic E-state index is -0.472. The average Bonchev–Trinajstić information content (AvgIpc) is 2.55. The Morgan fingerprint density at radius 3 is 2.68 bits per heavy atom. The Hall–Kier alpha value is -3.08. The molecule has 2 N–H and O–H groups in total. The number of amides is 1. The minimum absolute atomic E-state index is 0.0836. The second-order valence-electron chi connectivity index (χ2n) is 4.34. The van der Waals surface area contributed by atoms with Gasteiger partial charge in [0.15, 0.2) is 0 Å². The van der Waals surface area contributed by atoms with Crippen LogP contribution in [-0.2, 0) is 0 Å². The van der Waals surface area contributed by atoms with Crippen LogP contribution < -0.4 is 10.2 Å². The summed E-state index contributed by atoms with van der Waals surface area (Å²) in [5, 5.41) is 13.3. The highest BCUT2D eigenvalue weighted by atomic mass is 16.5. The predicted molar refractivity (Wildman–Crippen MR) is 86.1 cm³/mol. The van der Waals surface area contributed by atoms with E-state index >= 15 is 0 Å². The van der Waals surface area contributed by atoms with E-state index in [4.69, 9.17) is 4.74 Å². The highest BCUT2D eigenvalue weighted by Crippen LogP contribution is 2.18. The topological polar surface area (TPSA) is 70.9 Å². The van der Waals surface area contributed by atoms with Crippen molar-refractivity contribution in [1.29, 1.82) is 0 Å². The number of para-hydroxylation sites is 2. The number of allylic oxidation sites excluding steroid dienone is 1. The summed E-state index contributed by atoms with van der Waals surface area (Å²) >= 11 is 0. The molecule has 112 valence electrons. The molecule has 2 aromatic carbocycles. The lowest BCUT2D eigenvalue weighted by Crippen LogP contribution is -2.17. The van der Waals surface area contributed by atoms with Crippen molar-refractivity contribution in [2.24, 2.45) is 5.10 Å². The van der Waals surface area contributed by atoms with Crippen LogP contribution in [0.5, 0.6) is 11.5 Å². The summed E-state index contributed by atoms with van der Waals surface area (Å²) in [5.41, 5.74) is 3.42. The molecule has 5 heteroatoms. The van der Waals surface area contributed by atoms with Crippen LogP contribution in [0, 0.1) is 0 Å². The number of phenolic OH excluding ortho intramolecular Hbond substituents is 1. The molecule has 1 amide bonds. The van der Waals surface area contributed by atoms with Gasteiger partial charge in [-0.25, -0.2) is 5.43 Å². The summed E-state index contributed by atoms with van der Waals surface area (Å²) in [5.74, 6) is 0.199. The fraction of sp³-hybridized carbons (Fsp3) is 0.0588. The molecule has 0 saturated heterocycles. The monoisotopic (exact) mass is 296 g/mol. The molecule has 5 nitrogen and oxygen atoms in total. The summed E-state index contributed by atoms with van der Waals surface area (Å²) in [7, 11) is 1.60. The van der Waals surface area contributed by atoms with E-state index in [1.54, 1.807) is 25.3 Å². The van der Waals surface area contributed by atoms with Gasteiger partial charge in [-0.15, -0.1) is 0 Å². The van der Waals surface area contributed by atoms with Gasteiger partial charge in [-0.3, -0.25) is 4.79 Å². The maximum absolute atomic E-state index is 11.8. The fourth-order valence-electron chi connectivity index (χ4n) is 1.82. The van der Waals surface area contributed by atoms with Crippen molar-refractivity contribution in [3.63, 3.8) is 0 Å². The molecule has 0 aliphatic heterocycles. The van der Waals surface area contributed by atoms with Gasteiger partial charge in [0.1, 0.15) is 11.5 Å². The SMILES string of the molecule is COc1ccccc1C=CC=NNC(=O)c1ccccc1O. The third kappa shape index (κ3) is 3.96. The van der Waals surface area contributed by atoms with Crippen molar-refractivity contribution in [1.82, 2.24) is 5.43 Å². The maximum Gasteiger partial charge on any atom is 0.275 e.